The Labute approximate surface area is 140 Å². The third kappa shape index (κ3) is 3.73. The molecule has 0 saturated carbocycles. The molecule has 1 aliphatic heterocycles. The molecule has 2 heterocycles. The zero-order valence-electron chi connectivity index (χ0n) is 13.3. The molecule has 0 bridgehead atoms. The number of primary amides is 1. The molecule has 24 heavy (non-hydrogen) atoms. The van der Waals surface area contributed by atoms with Crippen LogP contribution in [-0.4, -0.2) is 45.7 Å². The standard InChI is InChI=1S/C17H20N4O3/c18-17(23)13-4-6-15(7-5-13)24-12-16(22)21-10-1-3-14(21)11-20-9-2-8-19-20/h2,4-9,14H,1,3,10-12H2,(H2,18,23). The van der Waals surface area contributed by atoms with Crippen LogP contribution in [-0.2, 0) is 11.3 Å². The maximum absolute atomic E-state index is 12.4. The molecule has 0 spiro atoms. The summed E-state index contributed by atoms with van der Waals surface area (Å²) in [5.74, 6) is 0.0102. The van der Waals surface area contributed by atoms with E-state index in [1.165, 1.54) is 0 Å². The molecular weight excluding hydrogens is 308 g/mol. The second kappa shape index (κ2) is 7.16. The van der Waals surface area contributed by atoms with E-state index in [1.54, 1.807) is 30.5 Å². The number of amides is 2. The monoisotopic (exact) mass is 328 g/mol. The average molecular weight is 328 g/mol. The Kier molecular flexibility index (Phi) is 4.79. The number of hydrogen-bond acceptors (Lipinski definition) is 4. The van der Waals surface area contributed by atoms with Gasteiger partial charge in [0.05, 0.1) is 12.6 Å². The normalized spacial score (nSPS) is 17.0. The highest BCUT2D eigenvalue weighted by Gasteiger charge is 2.29. The molecule has 126 valence electrons. The van der Waals surface area contributed by atoms with Crippen LogP contribution in [0.5, 0.6) is 5.75 Å². The van der Waals surface area contributed by atoms with Crippen LogP contribution in [0.2, 0.25) is 0 Å². The van der Waals surface area contributed by atoms with Gasteiger partial charge < -0.3 is 15.4 Å². The van der Waals surface area contributed by atoms with Crippen molar-refractivity contribution >= 4 is 11.8 Å². The van der Waals surface area contributed by atoms with Crippen molar-refractivity contribution in [2.45, 2.75) is 25.4 Å². The lowest BCUT2D eigenvalue weighted by Gasteiger charge is -2.24. The SMILES string of the molecule is NC(=O)c1ccc(OCC(=O)N2CCCC2Cn2cccn2)cc1. The molecule has 1 fully saturated rings. The number of ether oxygens (including phenoxy) is 1. The number of carbonyl (C=O) groups excluding carboxylic acids is 2. The summed E-state index contributed by atoms with van der Waals surface area (Å²) in [5.41, 5.74) is 5.60. The van der Waals surface area contributed by atoms with Crippen LogP contribution in [0.25, 0.3) is 0 Å². The second-order valence-corrected chi connectivity index (χ2v) is 5.79. The first-order chi connectivity index (χ1) is 11.6. The molecular formula is C17H20N4O3. The molecule has 7 heteroatoms. The van der Waals surface area contributed by atoms with Gasteiger partial charge in [-0.2, -0.15) is 5.10 Å². The summed E-state index contributed by atoms with van der Waals surface area (Å²) in [4.78, 5) is 25.3. The van der Waals surface area contributed by atoms with Crippen molar-refractivity contribution < 1.29 is 14.3 Å². The van der Waals surface area contributed by atoms with Gasteiger partial charge >= 0.3 is 0 Å². The van der Waals surface area contributed by atoms with Gasteiger partial charge in [0, 0.05) is 24.5 Å². The highest BCUT2D eigenvalue weighted by molar-refractivity contribution is 5.92. The van der Waals surface area contributed by atoms with Gasteiger partial charge in [0.15, 0.2) is 6.61 Å². The van der Waals surface area contributed by atoms with Gasteiger partial charge in [-0.15, -0.1) is 0 Å². The minimum Gasteiger partial charge on any atom is -0.484 e. The highest BCUT2D eigenvalue weighted by atomic mass is 16.5. The fourth-order valence-electron chi connectivity index (χ4n) is 2.92. The summed E-state index contributed by atoms with van der Waals surface area (Å²) >= 11 is 0. The number of hydrogen-bond donors (Lipinski definition) is 1. The van der Waals surface area contributed by atoms with Crippen LogP contribution in [0.15, 0.2) is 42.7 Å². The van der Waals surface area contributed by atoms with E-state index in [0.29, 0.717) is 17.9 Å². The van der Waals surface area contributed by atoms with Gasteiger partial charge in [-0.25, -0.2) is 0 Å². The first kappa shape index (κ1) is 16.0. The predicted octanol–water partition coefficient (Wildman–Crippen LogP) is 1.05. The molecule has 2 aromatic rings. The molecule has 1 aromatic heterocycles. The van der Waals surface area contributed by atoms with Gasteiger partial charge in [0.1, 0.15) is 5.75 Å². The van der Waals surface area contributed by atoms with Crippen molar-refractivity contribution in [1.82, 2.24) is 14.7 Å². The Balaban J connectivity index is 1.54. The van der Waals surface area contributed by atoms with E-state index in [9.17, 15) is 9.59 Å². The first-order valence-corrected chi connectivity index (χ1v) is 7.93. The smallest absolute Gasteiger partial charge is 0.260 e. The predicted molar refractivity (Wildman–Crippen MR) is 87.4 cm³/mol. The molecule has 3 rings (SSSR count). The molecule has 1 unspecified atom stereocenters. The molecule has 0 aliphatic carbocycles. The average Bonchev–Trinajstić information content (AvgIpc) is 3.25. The summed E-state index contributed by atoms with van der Waals surface area (Å²) in [6.45, 7) is 1.42. The zero-order valence-corrected chi connectivity index (χ0v) is 13.3. The molecule has 1 aliphatic rings. The maximum atomic E-state index is 12.4. The van der Waals surface area contributed by atoms with E-state index in [1.807, 2.05) is 21.8 Å². The van der Waals surface area contributed by atoms with Crippen molar-refractivity contribution in [3.63, 3.8) is 0 Å². The number of benzene rings is 1. The number of nitrogens with zero attached hydrogens (tertiary/aromatic N) is 3. The van der Waals surface area contributed by atoms with Crippen LogP contribution in [0, 0.1) is 0 Å². The Morgan fingerprint density at radius 3 is 2.75 bits per heavy atom. The van der Waals surface area contributed by atoms with E-state index in [0.717, 1.165) is 19.4 Å². The summed E-state index contributed by atoms with van der Waals surface area (Å²) in [6.07, 6.45) is 5.60. The summed E-state index contributed by atoms with van der Waals surface area (Å²) in [5, 5.41) is 4.20. The fourth-order valence-corrected chi connectivity index (χ4v) is 2.92. The number of nitrogens with two attached hydrogens (primary N) is 1. The van der Waals surface area contributed by atoms with E-state index < -0.39 is 5.91 Å². The molecule has 0 radical (unpaired) electrons. The van der Waals surface area contributed by atoms with Crippen molar-refractivity contribution in [1.29, 1.82) is 0 Å². The van der Waals surface area contributed by atoms with Crippen LogP contribution >= 0.6 is 0 Å². The second-order valence-electron chi connectivity index (χ2n) is 5.79. The highest BCUT2D eigenvalue weighted by Crippen LogP contribution is 2.19. The number of rotatable bonds is 6. The van der Waals surface area contributed by atoms with Crippen LogP contribution in [0.1, 0.15) is 23.2 Å². The Morgan fingerprint density at radius 2 is 2.08 bits per heavy atom. The van der Waals surface area contributed by atoms with E-state index >= 15 is 0 Å². The summed E-state index contributed by atoms with van der Waals surface area (Å²) in [6, 6.07) is 8.46. The topological polar surface area (TPSA) is 90.5 Å². The van der Waals surface area contributed by atoms with E-state index in [-0.39, 0.29) is 18.6 Å². The number of aromatic nitrogens is 2. The van der Waals surface area contributed by atoms with Crippen molar-refractivity contribution in [3.05, 3.63) is 48.3 Å². The van der Waals surface area contributed by atoms with Crippen LogP contribution < -0.4 is 10.5 Å². The molecule has 2 amide bonds. The van der Waals surface area contributed by atoms with Crippen molar-refractivity contribution in [3.8, 4) is 5.75 Å². The van der Waals surface area contributed by atoms with Crippen LogP contribution in [0.4, 0.5) is 0 Å². The fraction of sp³-hybridized carbons (Fsp3) is 0.353. The lowest BCUT2D eigenvalue weighted by Crippen LogP contribution is -2.40. The lowest BCUT2D eigenvalue weighted by atomic mass is 10.2. The Bertz CT molecular complexity index is 697. The zero-order chi connectivity index (χ0) is 16.9. The molecule has 1 saturated heterocycles. The number of likely N-dealkylation sites (tertiary alicyclic amines) is 1. The van der Waals surface area contributed by atoms with Gasteiger partial charge in [-0.3, -0.25) is 14.3 Å². The van der Waals surface area contributed by atoms with Gasteiger partial charge in [0.2, 0.25) is 5.91 Å². The quantitative estimate of drug-likeness (QED) is 0.858. The van der Waals surface area contributed by atoms with E-state index in [2.05, 4.69) is 5.10 Å². The lowest BCUT2D eigenvalue weighted by molar-refractivity contribution is -0.134. The Morgan fingerprint density at radius 1 is 1.29 bits per heavy atom. The maximum Gasteiger partial charge on any atom is 0.260 e. The minimum atomic E-state index is -0.490. The van der Waals surface area contributed by atoms with E-state index in [4.69, 9.17) is 10.5 Å². The third-order valence-electron chi connectivity index (χ3n) is 4.16. The van der Waals surface area contributed by atoms with Gasteiger partial charge in [-0.05, 0) is 43.2 Å². The summed E-state index contributed by atoms with van der Waals surface area (Å²) < 4.78 is 7.38. The summed E-state index contributed by atoms with van der Waals surface area (Å²) in [7, 11) is 0. The van der Waals surface area contributed by atoms with Gasteiger partial charge in [0.25, 0.3) is 5.91 Å². The van der Waals surface area contributed by atoms with Crippen LogP contribution in [0.3, 0.4) is 0 Å². The molecule has 7 nitrogen and oxygen atoms in total. The minimum absolute atomic E-state index is 0.0223. The molecule has 1 aromatic carbocycles. The van der Waals surface area contributed by atoms with Gasteiger partial charge in [-0.1, -0.05) is 0 Å². The third-order valence-corrected chi connectivity index (χ3v) is 4.16. The van der Waals surface area contributed by atoms with Crippen molar-refractivity contribution in [2.24, 2.45) is 5.73 Å². The molecule has 2 N–H and O–H groups in total. The molecule has 1 atom stereocenters. The first-order valence-electron chi connectivity index (χ1n) is 7.93. The Hall–Kier alpha value is -2.83. The van der Waals surface area contributed by atoms with Crippen molar-refractivity contribution in [2.75, 3.05) is 13.2 Å². The number of carbonyl (C=O) groups is 2. The largest absolute Gasteiger partial charge is 0.484 e.